The van der Waals surface area contributed by atoms with E-state index < -0.39 is 0 Å². The Bertz CT molecular complexity index is 906. The fourth-order valence-corrected chi connectivity index (χ4v) is 4.30. The lowest BCUT2D eigenvalue weighted by molar-refractivity contribution is -0.123. The molecular weight excluding hydrogens is 379 g/mol. The Kier molecular flexibility index (Phi) is 5.87. The van der Waals surface area contributed by atoms with Gasteiger partial charge in [-0.15, -0.1) is 0 Å². The number of carbonyl (C=O) groups excluding carboxylic acids is 1. The highest BCUT2D eigenvalue weighted by atomic mass is 19.1. The molecule has 2 aliphatic rings. The molecule has 2 aromatic rings. The molecule has 0 unspecified atom stereocenters. The molecule has 1 aromatic heterocycles. The first-order valence-electron chi connectivity index (χ1n) is 10.9. The molecule has 0 radical (unpaired) electrons. The lowest BCUT2D eigenvalue weighted by atomic mass is 9.85. The number of nitrogens with zero attached hydrogens (tertiary/aromatic N) is 2. The van der Waals surface area contributed by atoms with Gasteiger partial charge >= 0.3 is 0 Å². The Morgan fingerprint density at radius 3 is 2.73 bits per heavy atom. The third-order valence-corrected chi connectivity index (χ3v) is 6.31. The molecule has 160 valence electrons. The van der Waals surface area contributed by atoms with Crippen LogP contribution in [-0.4, -0.2) is 28.5 Å². The first kappa shape index (κ1) is 20.9. The molecule has 2 fully saturated rings. The first-order valence-corrected chi connectivity index (χ1v) is 10.9. The second-order valence-electron chi connectivity index (χ2n) is 9.69. The minimum atomic E-state index is -0.323. The highest BCUT2D eigenvalue weighted by Crippen LogP contribution is 2.40. The van der Waals surface area contributed by atoms with Crippen LogP contribution in [0.25, 0.3) is 0 Å². The predicted octanol–water partition coefficient (Wildman–Crippen LogP) is 4.02. The molecule has 2 heterocycles. The van der Waals surface area contributed by atoms with Crippen LogP contribution in [0.3, 0.4) is 0 Å². The fourth-order valence-electron chi connectivity index (χ4n) is 4.30. The Balaban J connectivity index is 1.59. The van der Waals surface area contributed by atoms with E-state index in [-0.39, 0.29) is 35.1 Å². The highest BCUT2D eigenvalue weighted by Gasteiger charge is 2.40. The van der Waals surface area contributed by atoms with Crippen molar-refractivity contribution in [1.82, 2.24) is 20.6 Å². The van der Waals surface area contributed by atoms with Gasteiger partial charge in [0.1, 0.15) is 11.6 Å². The van der Waals surface area contributed by atoms with E-state index in [1.807, 2.05) is 12.1 Å². The molecule has 2 N–H and O–H groups in total. The quantitative estimate of drug-likeness (QED) is 0.781. The van der Waals surface area contributed by atoms with Crippen molar-refractivity contribution in [2.45, 2.75) is 69.9 Å². The second-order valence-corrected chi connectivity index (χ2v) is 9.69. The summed E-state index contributed by atoms with van der Waals surface area (Å²) in [5.41, 5.74) is 1.56. The average Bonchev–Trinajstić information content (AvgIpc) is 3.12. The minimum Gasteiger partial charge on any atom is -0.354 e. The van der Waals surface area contributed by atoms with Crippen LogP contribution in [0.15, 0.2) is 36.5 Å². The van der Waals surface area contributed by atoms with E-state index in [1.165, 1.54) is 25.3 Å². The highest BCUT2D eigenvalue weighted by molar-refractivity contribution is 5.82. The molecule has 1 amide bonds. The Morgan fingerprint density at radius 1 is 1.27 bits per heavy atom. The van der Waals surface area contributed by atoms with Crippen LogP contribution in [0.5, 0.6) is 0 Å². The van der Waals surface area contributed by atoms with Crippen molar-refractivity contribution < 1.29 is 9.18 Å². The summed E-state index contributed by atoms with van der Waals surface area (Å²) in [5, 5.41) is 6.57. The van der Waals surface area contributed by atoms with Gasteiger partial charge in [-0.05, 0) is 48.9 Å². The Hall–Kier alpha value is -2.34. The van der Waals surface area contributed by atoms with Crippen LogP contribution in [0, 0.1) is 11.7 Å². The van der Waals surface area contributed by atoms with Crippen LogP contribution in [0.1, 0.15) is 75.5 Å². The van der Waals surface area contributed by atoms with Gasteiger partial charge in [-0.2, -0.15) is 0 Å². The van der Waals surface area contributed by atoms with E-state index in [9.17, 15) is 9.18 Å². The first-order chi connectivity index (χ1) is 14.3. The lowest BCUT2D eigenvalue weighted by Crippen LogP contribution is -2.43. The summed E-state index contributed by atoms with van der Waals surface area (Å²) >= 11 is 0. The summed E-state index contributed by atoms with van der Waals surface area (Å²) in [5.74, 6) is 1.10. The average molecular weight is 411 g/mol. The topological polar surface area (TPSA) is 66.9 Å². The number of halogens is 1. The van der Waals surface area contributed by atoms with Crippen LogP contribution in [0.2, 0.25) is 0 Å². The standard InChI is InChI=1S/C24H31FN4O/c1-24(2,3)23-26-11-10-19(29-23)18-13-20(22(30)27-14-15-6-4-7-15)28-21(18)16-8-5-9-17(25)12-16/h5,8-12,15,18,20-21,28H,4,6-7,13-14H2,1-3H3,(H,27,30)/t18-,20+,21+/m1/s1. The van der Waals surface area contributed by atoms with Crippen molar-refractivity contribution in [2.75, 3.05) is 6.54 Å². The van der Waals surface area contributed by atoms with Gasteiger partial charge in [0, 0.05) is 35.8 Å². The summed E-state index contributed by atoms with van der Waals surface area (Å²) in [7, 11) is 0. The number of amides is 1. The van der Waals surface area contributed by atoms with E-state index in [0.717, 1.165) is 23.6 Å². The molecule has 1 aliphatic carbocycles. The number of aromatic nitrogens is 2. The van der Waals surface area contributed by atoms with Crippen molar-refractivity contribution in [3.8, 4) is 0 Å². The van der Waals surface area contributed by atoms with E-state index in [1.54, 1.807) is 18.3 Å². The maximum Gasteiger partial charge on any atom is 0.237 e. The van der Waals surface area contributed by atoms with Gasteiger partial charge in [0.25, 0.3) is 0 Å². The zero-order valence-corrected chi connectivity index (χ0v) is 18.0. The van der Waals surface area contributed by atoms with Gasteiger partial charge in [-0.1, -0.05) is 39.3 Å². The maximum absolute atomic E-state index is 13.9. The van der Waals surface area contributed by atoms with Crippen molar-refractivity contribution in [3.05, 3.63) is 59.4 Å². The molecule has 1 saturated carbocycles. The minimum absolute atomic E-state index is 0.0240. The number of nitrogens with one attached hydrogen (secondary N) is 2. The van der Waals surface area contributed by atoms with Gasteiger partial charge < -0.3 is 5.32 Å². The summed E-state index contributed by atoms with van der Waals surface area (Å²) in [4.78, 5) is 22.1. The maximum atomic E-state index is 13.9. The van der Waals surface area contributed by atoms with Crippen molar-refractivity contribution in [1.29, 1.82) is 0 Å². The summed E-state index contributed by atoms with van der Waals surface area (Å²) in [6, 6.07) is 8.04. The zero-order valence-electron chi connectivity index (χ0n) is 18.0. The number of hydrogen-bond acceptors (Lipinski definition) is 4. The number of benzene rings is 1. The van der Waals surface area contributed by atoms with Crippen LogP contribution in [0.4, 0.5) is 4.39 Å². The largest absolute Gasteiger partial charge is 0.354 e. The van der Waals surface area contributed by atoms with E-state index >= 15 is 0 Å². The number of rotatable bonds is 5. The van der Waals surface area contributed by atoms with Crippen molar-refractivity contribution in [3.63, 3.8) is 0 Å². The fraction of sp³-hybridized carbons (Fsp3) is 0.542. The molecule has 6 heteroatoms. The zero-order chi connectivity index (χ0) is 21.3. The Labute approximate surface area is 177 Å². The molecule has 4 rings (SSSR count). The number of hydrogen-bond donors (Lipinski definition) is 2. The molecule has 30 heavy (non-hydrogen) atoms. The SMILES string of the molecule is CC(C)(C)c1nccc([C@H]2C[C@@H](C(=O)NCC3CCC3)N[C@H]2c2cccc(F)c2)n1. The van der Waals surface area contributed by atoms with E-state index in [2.05, 4.69) is 36.4 Å². The monoisotopic (exact) mass is 410 g/mol. The van der Waals surface area contributed by atoms with Crippen molar-refractivity contribution >= 4 is 5.91 Å². The van der Waals surface area contributed by atoms with Gasteiger partial charge in [0.05, 0.1) is 6.04 Å². The third-order valence-electron chi connectivity index (χ3n) is 6.31. The van der Waals surface area contributed by atoms with Gasteiger partial charge in [-0.3, -0.25) is 10.1 Å². The third kappa shape index (κ3) is 4.53. The molecule has 3 atom stereocenters. The van der Waals surface area contributed by atoms with Gasteiger partial charge in [0.2, 0.25) is 5.91 Å². The predicted molar refractivity (Wildman–Crippen MR) is 115 cm³/mol. The van der Waals surface area contributed by atoms with Gasteiger partial charge in [-0.25, -0.2) is 14.4 Å². The molecule has 0 bridgehead atoms. The van der Waals surface area contributed by atoms with Gasteiger partial charge in [0.15, 0.2) is 0 Å². The summed E-state index contributed by atoms with van der Waals surface area (Å²) < 4.78 is 13.9. The normalized spacial score (nSPS) is 24.5. The van der Waals surface area contributed by atoms with Crippen LogP contribution >= 0.6 is 0 Å². The molecule has 1 aromatic carbocycles. The molecular formula is C24H31FN4O. The second kappa shape index (κ2) is 8.42. The molecule has 1 saturated heterocycles. The smallest absolute Gasteiger partial charge is 0.237 e. The van der Waals surface area contributed by atoms with Crippen LogP contribution < -0.4 is 10.6 Å². The molecule has 5 nitrogen and oxygen atoms in total. The Morgan fingerprint density at radius 2 is 2.07 bits per heavy atom. The van der Waals surface area contributed by atoms with E-state index in [4.69, 9.17) is 4.98 Å². The van der Waals surface area contributed by atoms with E-state index in [0.29, 0.717) is 12.3 Å². The van der Waals surface area contributed by atoms with Crippen LogP contribution in [-0.2, 0) is 10.2 Å². The summed E-state index contributed by atoms with van der Waals surface area (Å²) in [6.07, 6.45) is 6.07. The molecule has 0 spiro atoms. The molecule has 1 aliphatic heterocycles. The lowest BCUT2D eigenvalue weighted by Gasteiger charge is -2.26. The number of carbonyl (C=O) groups is 1. The summed E-state index contributed by atoms with van der Waals surface area (Å²) in [6.45, 7) is 6.99. The van der Waals surface area contributed by atoms with Crippen molar-refractivity contribution in [2.24, 2.45) is 5.92 Å².